The second-order valence-electron chi connectivity index (χ2n) is 4.50. The Morgan fingerprint density at radius 1 is 0.889 bits per heavy atom. The first-order chi connectivity index (χ1) is 8.92. The van der Waals surface area contributed by atoms with E-state index in [4.69, 9.17) is 14.2 Å². The SMILES string of the molecule is c1ccc2c(c1)CC(c1cccc3c1OCO3)O2. The molecule has 0 saturated heterocycles. The zero-order chi connectivity index (χ0) is 11.9. The fraction of sp³-hybridized carbons (Fsp3) is 0.200. The van der Waals surface area contributed by atoms with Crippen molar-refractivity contribution in [1.82, 2.24) is 0 Å². The summed E-state index contributed by atoms with van der Waals surface area (Å²) in [5, 5.41) is 0. The van der Waals surface area contributed by atoms with Crippen LogP contribution in [0.5, 0.6) is 17.2 Å². The minimum absolute atomic E-state index is 0.0269. The molecule has 4 rings (SSSR count). The first kappa shape index (κ1) is 9.83. The number of ether oxygens (including phenoxy) is 3. The Balaban J connectivity index is 1.73. The molecule has 1 unspecified atom stereocenters. The number of hydrogen-bond acceptors (Lipinski definition) is 3. The molecule has 0 aliphatic carbocycles. The Labute approximate surface area is 105 Å². The Hall–Kier alpha value is -2.16. The van der Waals surface area contributed by atoms with E-state index >= 15 is 0 Å². The van der Waals surface area contributed by atoms with E-state index in [1.54, 1.807) is 0 Å². The lowest BCUT2D eigenvalue weighted by Crippen LogP contribution is -2.04. The predicted molar refractivity (Wildman–Crippen MR) is 66.1 cm³/mol. The molecule has 2 aromatic rings. The van der Waals surface area contributed by atoms with E-state index in [0.717, 1.165) is 29.2 Å². The Kier molecular flexibility index (Phi) is 2.00. The molecule has 0 saturated carbocycles. The molecular formula is C15H12O3. The van der Waals surface area contributed by atoms with Gasteiger partial charge in [0.25, 0.3) is 0 Å². The van der Waals surface area contributed by atoms with Gasteiger partial charge in [0, 0.05) is 12.0 Å². The van der Waals surface area contributed by atoms with Crippen LogP contribution in [0.15, 0.2) is 42.5 Å². The molecule has 0 aromatic heterocycles. The van der Waals surface area contributed by atoms with Crippen molar-refractivity contribution in [3.63, 3.8) is 0 Å². The van der Waals surface area contributed by atoms with Gasteiger partial charge in [-0.05, 0) is 17.7 Å². The van der Waals surface area contributed by atoms with E-state index in [2.05, 4.69) is 6.07 Å². The summed E-state index contributed by atoms with van der Waals surface area (Å²) in [6, 6.07) is 14.1. The summed E-state index contributed by atoms with van der Waals surface area (Å²) >= 11 is 0. The molecule has 0 spiro atoms. The summed E-state index contributed by atoms with van der Waals surface area (Å²) in [5.41, 5.74) is 2.32. The maximum atomic E-state index is 5.98. The van der Waals surface area contributed by atoms with E-state index in [1.807, 2.05) is 36.4 Å². The Morgan fingerprint density at radius 3 is 2.72 bits per heavy atom. The molecule has 18 heavy (non-hydrogen) atoms. The van der Waals surface area contributed by atoms with Crippen molar-refractivity contribution in [1.29, 1.82) is 0 Å². The molecular weight excluding hydrogens is 228 g/mol. The molecule has 0 radical (unpaired) electrons. The number of fused-ring (bicyclic) bond motifs is 2. The van der Waals surface area contributed by atoms with Crippen molar-refractivity contribution >= 4 is 0 Å². The van der Waals surface area contributed by atoms with Gasteiger partial charge in [-0.3, -0.25) is 0 Å². The average molecular weight is 240 g/mol. The normalized spacial score (nSPS) is 19.4. The fourth-order valence-electron chi connectivity index (χ4n) is 2.56. The standard InChI is InChI=1S/C15H12O3/c1-2-6-12-10(4-1)8-14(18-12)11-5-3-7-13-15(11)17-9-16-13/h1-7,14H,8-9H2. The average Bonchev–Trinajstić information content (AvgIpc) is 3.04. The van der Waals surface area contributed by atoms with Crippen LogP contribution in [0.1, 0.15) is 17.2 Å². The summed E-state index contributed by atoms with van der Waals surface area (Å²) < 4.78 is 16.9. The number of rotatable bonds is 1. The van der Waals surface area contributed by atoms with Crippen LogP contribution in [-0.4, -0.2) is 6.79 Å². The van der Waals surface area contributed by atoms with Crippen LogP contribution in [0.4, 0.5) is 0 Å². The van der Waals surface area contributed by atoms with Gasteiger partial charge in [0.05, 0.1) is 0 Å². The lowest BCUT2D eigenvalue weighted by Gasteiger charge is -2.13. The maximum Gasteiger partial charge on any atom is 0.231 e. The van der Waals surface area contributed by atoms with E-state index < -0.39 is 0 Å². The smallest absolute Gasteiger partial charge is 0.231 e. The van der Waals surface area contributed by atoms with Crippen molar-refractivity contribution < 1.29 is 14.2 Å². The summed E-state index contributed by atoms with van der Waals surface area (Å²) in [7, 11) is 0. The van der Waals surface area contributed by atoms with Gasteiger partial charge in [0.15, 0.2) is 11.5 Å². The highest BCUT2D eigenvalue weighted by molar-refractivity contribution is 5.51. The molecule has 2 aliphatic heterocycles. The van der Waals surface area contributed by atoms with Gasteiger partial charge in [-0.15, -0.1) is 0 Å². The van der Waals surface area contributed by atoms with Crippen molar-refractivity contribution in [2.75, 3.05) is 6.79 Å². The van der Waals surface area contributed by atoms with Crippen molar-refractivity contribution in [3.8, 4) is 17.2 Å². The second kappa shape index (κ2) is 3.67. The van der Waals surface area contributed by atoms with Crippen molar-refractivity contribution in [3.05, 3.63) is 53.6 Å². The van der Waals surface area contributed by atoms with Crippen LogP contribution in [0, 0.1) is 0 Å². The highest BCUT2D eigenvalue weighted by atomic mass is 16.7. The summed E-state index contributed by atoms with van der Waals surface area (Å²) in [5.74, 6) is 2.61. The Bertz CT molecular complexity index is 581. The molecule has 3 heteroatoms. The number of para-hydroxylation sites is 2. The van der Waals surface area contributed by atoms with Crippen LogP contribution in [0.2, 0.25) is 0 Å². The number of benzene rings is 2. The molecule has 0 amide bonds. The predicted octanol–water partition coefficient (Wildman–Crippen LogP) is 3.09. The van der Waals surface area contributed by atoms with E-state index in [1.165, 1.54) is 5.56 Å². The third-order valence-corrected chi connectivity index (χ3v) is 3.42. The highest BCUT2D eigenvalue weighted by Crippen LogP contribution is 2.44. The monoisotopic (exact) mass is 240 g/mol. The largest absolute Gasteiger partial charge is 0.485 e. The van der Waals surface area contributed by atoms with Gasteiger partial charge >= 0.3 is 0 Å². The van der Waals surface area contributed by atoms with Crippen LogP contribution < -0.4 is 14.2 Å². The molecule has 0 fully saturated rings. The van der Waals surface area contributed by atoms with Crippen LogP contribution in [0.25, 0.3) is 0 Å². The first-order valence-corrected chi connectivity index (χ1v) is 6.05. The fourth-order valence-corrected chi connectivity index (χ4v) is 2.56. The van der Waals surface area contributed by atoms with E-state index in [0.29, 0.717) is 6.79 Å². The molecule has 2 aromatic carbocycles. The lowest BCUT2D eigenvalue weighted by molar-refractivity contribution is 0.169. The number of hydrogen-bond donors (Lipinski definition) is 0. The summed E-state index contributed by atoms with van der Waals surface area (Å²) in [6.07, 6.45) is 0.912. The molecule has 0 bridgehead atoms. The molecule has 3 nitrogen and oxygen atoms in total. The van der Waals surface area contributed by atoms with Gasteiger partial charge in [-0.25, -0.2) is 0 Å². The topological polar surface area (TPSA) is 27.7 Å². The van der Waals surface area contributed by atoms with Crippen LogP contribution in [-0.2, 0) is 6.42 Å². The molecule has 1 atom stereocenters. The lowest BCUT2D eigenvalue weighted by atomic mass is 10.0. The van der Waals surface area contributed by atoms with Crippen molar-refractivity contribution in [2.45, 2.75) is 12.5 Å². The summed E-state index contributed by atoms with van der Waals surface area (Å²) in [6.45, 7) is 0.298. The van der Waals surface area contributed by atoms with Crippen LogP contribution >= 0.6 is 0 Å². The van der Waals surface area contributed by atoms with Gasteiger partial charge in [-0.2, -0.15) is 0 Å². The van der Waals surface area contributed by atoms with Crippen molar-refractivity contribution in [2.24, 2.45) is 0 Å². The highest BCUT2D eigenvalue weighted by Gasteiger charge is 2.29. The minimum Gasteiger partial charge on any atom is -0.485 e. The quantitative estimate of drug-likeness (QED) is 0.766. The van der Waals surface area contributed by atoms with Gasteiger partial charge in [-0.1, -0.05) is 30.3 Å². The summed E-state index contributed by atoms with van der Waals surface area (Å²) in [4.78, 5) is 0. The Morgan fingerprint density at radius 2 is 1.78 bits per heavy atom. The zero-order valence-electron chi connectivity index (χ0n) is 9.76. The minimum atomic E-state index is 0.0269. The zero-order valence-corrected chi connectivity index (χ0v) is 9.76. The van der Waals surface area contributed by atoms with Gasteiger partial charge < -0.3 is 14.2 Å². The molecule has 90 valence electrons. The van der Waals surface area contributed by atoms with E-state index in [9.17, 15) is 0 Å². The third-order valence-electron chi connectivity index (χ3n) is 3.42. The van der Waals surface area contributed by atoms with Gasteiger partial charge in [0.1, 0.15) is 11.9 Å². The van der Waals surface area contributed by atoms with Crippen LogP contribution in [0.3, 0.4) is 0 Å². The van der Waals surface area contributed by atoms with E-state index in [-0.39, 0.29) is 6.10 Å². The maximum absolute atomic E-state index is 5.98. The molecule has 2 heterocycles. The van der Waals surface area contributed by atoms with Gasteiger partial charge in [0.2, 0.25) is 6.79 Å². The first-order valence-electron chi connectivity index (χ1n) is 6.05. The second-order valence-corrected chi connectivity index (χ2v) is 4.50. The third kappa shape index (κ3) is 1.37. The molecule has 0 N–H and O–H groups in total. The molecule has 2 aliphatic rings.